The molecule has 1 atom stereocenters. The van der Waals surface area contributed by atoms with Crippen LogP contribution in [0.1, 0.15) is 18.9 Å². The van der Waals surface area contributed by atoms with Crippen LogP contribution in [0.5, 0.6) is 0 Å². The maximum Gasteiger partial charge on any atom is 0.140 e. The van der Waals surface area contributed by atoms with Gasteiger partial charge in [-0.3, -0.25) is 4.79 Å². The van der Waals surface area contributed by atoms with Gasteiger partial charge in [-0.2, -0.15) is 0 Å². The molecule has 0 saturated heterocycles. The summed E-state index contributed by atoms with van der Waals surface area (Å²) in [6, 6.07) is 9.85. The molecule has 0 saturated carbocycles. The average molecular weight is 188 g/mol. The number of benzene rings is 1. The van der Waals surface area contributed by atoms with Crippen LogP contribution in [0.4, 0.5) is 0 Å². The zero-order valence-electron chi connectivity index (χ0n) is 8.57. The van der Waals surface area contributed by atoms with E-state index < -0.39 is 0 Å². The predicted molar refractivity (Wildman–Crippen MR) is 59.1 cm³/mol. The molecule has 0 aromatic heterocycles. The first kappa shape index (κ1) is 10.7. The van der Waals surface area contributed by atoms with Gasteiger partial charge < -0.3 is 0 Å². The van der Waals surface area contributed by atoms with Gasteiger partial charge in [-0.05, 0) is 12.0 Å². The lowest BCUT2D eigenvalue weighted by molar-refractivity contribution is -0.121. The molecule has 1 aromatic carbocycles. The third-order valence-corrected chi connectivity index (χ3v) is 2.29. The SMILES string of the molecule is C=CCC(C)C(=O)Cc1ccccc1. The van der Waals surface area contributed by atoms with E-state index in [1.165, 1.54) is 0 Å². The van der Waals surface area contributed by atoms with Crippen molar-refractivity contribution in [2.24, 2.45) is 5.92 Å². The van der Waals surface area contributed by atoms with Crippen molar-refractivity contribution in [1.29, 1.82) is 0 Å². The van der Waals surface area contributed by atoms with Crippen LogP contribution in [-0.2, 0) is 11.2 Å². The number of hydrogen-bond donors (Lipinski definition) is 0. The highest BCUT2D eigenvalue weighted by atomic mass is 16.1. The molecular weight excluding hydrogens is 172 g/mol. The van der Waals surface area contributed by atoms with Gasteiger partial charge in [-0.15, -0.1) is 6.58 Å². The standard InChI is InChI=1S/C13H16O/c1-3-7-11(2)13(14)10-12-8-5-4-6-9-12/h3-6,8-9,11H,1,7,10H2,2H3. The lowest BCUT2D eigenvalue weighted by Crippen LogP contribution is -2.12. The monoisotopic (exact) mass is 188 g/mol. The number of allylic oxidation sites excluding steroid dienone is 1. The fourth-order valence-electron chi connectivity index (χ4n) is 1.35. The summed E-state index contributed by atoms with van der Waals surface area (Å²) in [6.45, 7) is 5.59. The Hall–Kier alpha value is -1.37. The van der Waals surface area contributed by atoms with Crippen LogP contribution in [0.2, 0.25) is 0 Å². The second-order valence-electron chi connectivity index (χ2n) is 3.55. The Morgan fingerprint density at radius 3 is 2.64 bits per heavy atom. The number of carbonyl (C=O) groups excluding carboxylic acids is 1. The molecule has 1 rings (SSSR count). The van der Waals surface area contributed by atoms with Crippen LogP contribution < -0.4 is 0 Å². The van der Waals surface area contributed by atoms with Crippen molar-refractivity contribution in [2.75, 3.05) is 0 Å². The van der Waals surface area contributed by atoms with Crippen molar-refractivity contribution in [1.82, 2.24) is 0 Å². The van der Waals surface area contributed by atoms with E-state index in [0.29, 0.717) is 6.42 Å². The number of ketones is 1. The summed E-state index contributed by atoms with van der Waals surface area (Å²) in [5.74, 6) is 0.379. The third kappa shape index (κ3) is 3.17. The summed E-state index contributed by atoms with van der Waals surface area (Å²) in [4.78, 5) is 11.7. The average Bonchev–Trinajstić information content (AvgIpc) is 2.19. The van der Waals surface area contributed by atoms with Crippen molar-refractivity contribution >= 4 is 5.78 Å². The van der Waals surface area contributed by atoms with Gasteiger partial charge in [-0.1, -0.05) is 43.3 Å². The lowest BCUT2D eigenvalue weighted by Gasteiger charge is -2.07. The smallest absolute Gasteiger partial charge is 0.140 e. The van der Waals surface area contributed by atoms with E-state index >= 15 is 0 Å². The minimum atomic E-state index is 0.0905. The lowest BCUT2D eigenvalue weighted by atomic mass is 9.97. The van der Waals surface area contributed by atoms with Gasteiger partial charge in [0.25, 0.3) is 0 Å². The molecule has 0 amide bonds. The fourth-order valence-corrected chi connectivity index (χ4v) is 1.35. The summed E-state index contributed by atoms with van der Waals surface area (Å²) < 4.78 is 0. The molecule has 0 aliphatic carbocycles. The van der Waals surface area contributed by atoms with Crippen molar-refractivity contribution in [3.8, 4) is 0 Å². The van der Waals surface area contributed by atoms with Crippen molar-refractivity contribution in [3.05, 3.63) is 48.6 Å². The molecule has 0 N–H and O–H groups in total. The predicted octanol–water partition coefficient (Wildman–Crippen LogP) is 3.01. The number of Topliss-reactive ketones (excluding diaryl/α,β-unsaturated/α-hetero) is 1. The van der Waals surface area contributed by atoms with Gasteiger partial charge in [0, 0.05) is 12.3 Å². The minimum absolute atomic E-state index is 0.0905. The van der Waals surface area contributed by atoms with E-state index in [4.69, 9.17) is 0 Å². The summed E-state index contributed by atoms with van der Waals surface area (Å²) >= 11 is 0. The summed E-state index contributed by atoms with van der Waals surface area (Å²) in [5, 5.41) is 0. The topological polar surface area (TPSA) is 17.1 Å². The molecule has 0 aliphatic heterocycles. The third-order valence-electron chi connectivity index (χ3n) is 2.29. The van der Waals surface area contributed by atoms with E-state index in [9.17, 15) is 4.79 Å². The molecule has 0 aliphatic rings. The molecule has 0 bridgehead atoms. The first-order valence-corrected chi connectivity index (χ1v) is 4.91. The Bertz CT molecular complexity index is 300. The van der Waals surface area contributed by atoms with Crippen LogP contribution >= 0.6 is 0 Å². The minimum Gasteiger partial charge on any atom is -0.299 e. The molecular formula is C13H16O. The highest BCUT2D eigenvalue weighted by Crippen LogP contribution is 2.09. The maximum absolute atomic E-state index is 11.7. The summed E-state index contributed by atoms with van der Waals surface area (Å²) in [5.41, 5.74) is 1.09. The van der Waals surface area contributed by atoms with Crippen LogP contribution in [0.3, 0.4) is 0 Å². The van der Waals surface area contributed by atoms with Crippen molar-refractivity contribution in [3.63, 3.8) is 0 Å². The number of hydrogen-bond acceptors (Lipinski definition) is 1. The molecule has 14 heavy (non-hydrogen) atoms. The van der Waals surface area contributed by atoms with Gasteiger partial charge in [0.1, 0.15) is 5.78 Å². The second-order valence-corrected chi connectivity index (χ2v) is 3.55. The maximum atomic E-state index is 11.7. The molecule has 1 heteroatoms. The molecule has 0 heterocycles. The van der Waals surface area contributed by atoms with E-state index in [2.05, 4.69) is 6.58 Å². The van der Waals surface area contributed by atoms with E-state index in [0.717, 1.165) is 12.0 Å². The molecule has 0 spiro atoms. The van der Waals surface area contributed by atoms with Gasteiger partial charge >= 0.3 is 0 Å². The zero-order chi connectivity index (χ0) is 10.4. The van der Waals surface area contributed by atoms with Crippen LogP contribution in [-0.4, -0.2) is 5.78 Å². The van der Waals surface area contributed by atoms with Gasteiger partial charge in [0.2, 0.25) is 0 Å². The molecule has 1 unspecified atom stereocenters. The Balaban J connectivity index is 2.53. The van der Waals surface area contributed by atoms with E-state index in [-0.39, 0.29) is 11.7 Å². The number of rotatable bonds is 5. The van der Waals surface area contributed by atoms with E-state index in [1.807, 2.05) is 37.3 Å². The molecule has 0 fully saturated rings. The highest BCUT2D eigenvalue weighted by Gasteiger charge is 2.11. The zero-order valence-corrected chi connectivity index (χ0v) is 8.57. The van der Waals surface area contributed by atoms with Crippen LogP contribution in [0, 0.1) is 5.92 Å². The normalized spacial score (nSPS) is 12.1. The number of carbonyl (C=O) groups is 1. The molecule has 1 aromatic rings. The van der Waals surface area contributed by atoms with Gasteiger partial charge in [-0.25, -0.2) is 0 Å². The van der Waals surface area contributed by atoms with Crippen molar-refractivity contribution < 1.29 is 4.79 Å². The Labute approximate surface area is 85.5 Å². The Morgan fingerprint density at radius 1 is 1.43 bits per heavy atom. The van der Waals surface area contributed by atoms with Crippen LogP contribution in [0.25, 0.3) is 0 Å². The molecule has 1 nitrogen and oxygen atoms in total. The molecule has 74 valence electrons. The van der Waals surface area contributed by atoms with Gasteiger partial charge in [0.15, 0.2) is 0 Å². The highest BCUT2D eigenvalue weighted by molar-refractivity contribution is 5.83. The Kier molecular flexibility index (Phi) is 4.11. The van der Waals surface area contributed by atoms with Crippen LogP contribution in [0.15, 0.2) is 43.0 Å². The Morgan fingerprint density at radius 2 is 2.07 bits per heavy atom. The first-order valence-electron chi connectivity index (χ1n) is 4.91. The molecule has 0 radical (unpaired) electrons. The second kappa shape index (κ2) is 5.38. The van der Waals surface area contributed by atoms with Gasteiger partial charge in [0.05, 0.1) is 0 Å². The first-order chi connectivity index (χ1) is 6.74. The quantitative estimate of drug-likeness (QED) is 0.649. The summed E-state index contributed by atoms with van der Waals surface area (Å²) in [7, 11) is 0. The fraction of sp³-hybridized carbons (Fsp3) is 0.308. The van der Waals surface area contributed by atoms with Crippen molar-refractivity contribution in [2.45, 2.75) is 19.8 Å². The van der Waals surface area contributed by atoms with E-state index in [1.54, 1.807) is 6.08 Å². The summed E-state index contributed by atoms with van der Waals surface area (Å²) in [6.07, 6.45) is 3.11. The largest absolute Gasteiger partial charge is 0.299 e.